The van der Waals surface area contributed by atoms with Crippen LogP contribution in [0, 0.1) is 17.2 Å². The van der Waals surface area contributed by atoms with E-state index in [2.05, 4.69) is 18.3 Å². The number of aryl methyl sites for hydroxylation is 2. The highest BCUT2D eigenvalue weighted by Crippen LogP contribution is 2.38. The Balaban J connectivity index is 1.36. The van der Waals surface area contributed by atoms with E-state index in [1.165, 1.54) is 11.3 Å². The lowest BCUT2D eigenvalue weighted by molar-refractivity contribution is -0.119. The van der Waals surface area contributed by atoms with Crippen LogP contribution in [0.3, 0.4) is 0 Å². The van der Waals surface area contributed by atoms with Crippen molar-refractivity contribution in [3.63, 3.8) is 0 Å². The van der Waals surface area contributed by atoms with E-state index in [4.69, 9.17) is 9.72 Å². The number of fused-ring (bicyclic) bond motifs is 3. The Labute approximate surface area is 190 Å². The maximum Gasteiger partial charge on any atom is 0.339 e. The van der Waals surface area contributed by atoms with Gasteiger partial charge in [0.2, 0.25) is 0 Å². The normalized spacial score (nSPS) is 16.8. The minimum Gasteiger partial charge on any atom is -0.452 e. The number of rotatable bonds is 4. The van der Waals surface area contributed by atoms with E-state index in [9.17, 15) is 14.9 Å². The number of para-hydroxylation sites is 1. The third kappa shape index (κ3) is 3.65. The van der Waals surface area contributed by atoms with Crippen molar-refractivity contribution in [3.05, 3.63) is 57.1 Å². The third-order valence-electron chi connectivity index (χ3n) is 6.33. The number of hydrogen-bond acceptors (Lipinski definition) is 6. The average Bonchev–Trinajstić information content (AvgIpc) is 3.36. The second-order valence-corrected chi connectivity index (χ2v) is 9.68. The molecule has 2 aliphatic rings. The number of thiophene rings is 1. The molecule has 1 aromatic carbocycles. The fraction of sp³-hybridized carbons (Fsp3) is 0.360. The Morgan fingerprint density at radius 3 is 2.94 bits per heavy atom. The van der Waals surface area contributed by atoms with Crippen LogP contribution in [0.4, 0.5) is 5.00 Å². The summed E-state index contributed by atoms with van der Waals surface area (Å²) in [6.45, 7) is 1.78. The smallest absolute Gasteiger partial charge is 0.339 e. The molecule has 7 heteroatoms. The summed E-state index contributed by atoms with van der Waals surface area (Å²) >= 11 is 1.45. The van der Waals surface area contributed by atoms with E-state index in [-0.39, 0.29) is 0 Å². The summed E-state index contributed by atoms with van der Waals surface area (Å²) in [7, 11) is 0. The molecule has 0 aliphatic heterocycles. The second-order valence-electron chi connectivity index (χ2n) is 8.57. The molecular formula is C25H23N3O3S. The van der Waals surface area contributed by atoms with Crippen molar-refractivity contribution < 1.29 is 14.3 Å². The van der Waals surface area contributed by atoms with Gasteiger partial charge >= 0.3 is 5.97 Å². The van der Waals surface area contributed by atoms with E-state index in [1.54, 1.807) is 0 Å². The molecule has 2 aliphatic carbocycles. The number of pyridine rings is 1. The second kappa shape index (κ2) is 8.36. The largest absolute Gasteiger partial charge is 0.452 e. The fourth-order valence-electron chi connectivity index (χ4n) is 4.77. The highest BCUT2D eigenvalue weighted by Gasteiger charge is 2.27. The SMILES string of the molecule is CC1CCc2nc3ccccc3c(C(=O)OCC(=O)Nc3sc4c(c3C#N)CCC4)c2C1. The summed E-state index contributed by atoms with van der Waals surface area (Å²) in [5, 5.41) is 13.6. The Hall–Kier alpha value is -3.24. The van der Waals surface area contributed by atoms with Gasteiger partial charge in [0.25, 0.3) is 5.91 Å². The van der Waals surface area contributed by atoms with Gasteiger partial charge in [-0.3, -0.25) is 9.78 Å². The topological polar surface area (TPSA) is 92.1 Å². The van der Waals surface area contributed by atoms with Gasteiger partial charge in [0, 0.05) is 16.0 Å². The van der Waals surface area contributed by atoms with Gasteiger partial charge in [-0.1, -0.05) is 25.1 Å². The lowest BCUT2D eigenvalue weighted by Gasteiger charge is -2.24. The zero-order valence-electron chi connectivity index (χ0n) is 17.9. The van der Waals surface area contributed by atoms with Crippen molar-refractivity contribution in [2.24, 2.45) is 5.92 Å². The number of hydrogen-bond donors (Lipinski definition) is 1. The van der Waals surface area contributed by atoms with Crippen LogP contribution in [0.25, 0.3) is 10.9 Å². The van der Waals surface area contributed by atoms with Gasteiger partial charge in [0.15, 0.2) is 6.61 Å². The lowest BCUT2D eigenvalue weighted by Crippen LogP contribution is -2.23. The number of aromatic nitrogens is 1. The summed E-state index contributed by atoms with van der Waals surface area (Å²) < 4.78 is 5.47. The first kappa shape index (κ1) is 20.7. The predicted molar refractivity (Wildman–Crippen MR) is 123 cm³/mol. The number of carbonyl (C=O) groups excluding carboxylic acids is 2. The standard InChI is InChI=1S/C25H23N3O3S/c1-14-9-10-20-17(11-14)23(16-5-2-3-7-19(16)27-20)25(30)31-13-22(29)28-24-18(12-26)15-6-4-8-21(15)32-24/h2-3,5,7,14H,4,6,8-11,13H2,1H3,(H,28,29). The molecule has 162 valence electrons. The van der Waals surface area contributed by atoms with Gasteiger partial charge < -0.3 is 10.1 Å². The first-order valence-corrected chi connectivity index (χ1v) is 11.8. The van der Waals surface area contributed by atoms with Gasteiger partial charge in [-0.2, -0.15) is 5.26 Å². The summed E-state index contributed by atoms with van der Waals surface area (Å²) in [6, 6.07) is 9.77. The van der Waals surface area contributed by atoms with Crippen LogP contribution in [0.5, 0.6) is 0 Å². The van der Waals surface area contributed by atoms with E-state index in [0.717, 1.165) is 71.1 Å². The van der Waals surface area contributed by atoms with E-state index < -0.39 is 18.5 Å². The van der Waals surface area contributed by atoms with Crippen molar-refractivity contribution in [2.45, 2.75) is 45.4 Å². The Morgan fingerprint density at radius 1 is 1.25 bits per heavy atom. The number of carbonyl (C=O) groups is 2. The number of anilines is 1. The molecule has 2 aromatic heterocycles. The maximum absolute atomic E-state index is 13.2. The van der Waals surface area contributed by atoms with Gasteiger partial charge in [0.05, 0.1) is 16.6 Å². The van der Waals surface area contributed by atoms with Crippen LogP contribution >= 0.6 is 11.3 Å². The summed E-state index contributed by atoms with van der Waals surface area (Å²) in [5.41, 5.74) is 4.78. The summed E-state index contributed by atoms with van der Waals surface area (Å²) in [5.74, 6) is -0.473. The van der Waals surface area contributed by atoms with E-state index >= 15 is 0 Å². The molecule has 5 rings (SSSR count). The van der Waals surface area contributed by atoms with Crippen molar-refractivity contribution in [3.8, 4) is 6.07 Å². The number of ether oxygens (including phenoxy) is 1. The van der Waals surface area contributed by atoms with Gasteiger partial charge in [-0.15, -0.1) is 11.3 Å². The summed E-state index contributed by atoms with van der Waals surface area (Å²) in [6.07, 6.45) is 5.51. The molecule has 1 unspecified atom stereocenters. The van der Waals surface area contributed by atoms with Gasteiger partial charge in [-0.25, -0.2) is 4.79 Å². The average molecular weight is 446 g/mol. The zero-order chi connectivity index (χ0) is 22.2. The fourth-order valence-corrected chi connectivity index (χ4v) is 6.03. The molecule has 0 bridgehead atoms. The Bertz CT molecular complexity index is 1290. The number of nitrogens with zero attached hydrogens (tertiary/aromatic N) is 2. The number of benzene rings is 1. The highest BCUT2D eigenvalue weighted by molar-refractivity contribution is 7.16. The highest BCUT2D eigenvalue weighted by atomic mass is 32.1. The van der Waals surface area contributed by atoms with Crippen molar-refractivity contribution in [1.82, 2.24) is 4.98 Å². The van der Waals surface area contributed by atoms with Crippen molar-refractivity contribution in [2.75, 3.05) is 11.9 Å². The van der Waals surface area contributed by atoms with E-state index in [0.29, 0.717) is 22.0 Å². The molecule has 32 heavy (non-hydrogen) atoms. The molecule has 0 saturated heterocycles. The number of esters is 1. The van der Waals surface area contributed by atoms with Crippen LogP contribution in [-0.4, -0.2) is 23.5 Å². The van der Waals surface area contributed by atoms with E-state index in [1.807, 2.05) is 24.3 Å². The molecule has 0 radical (unpaired) electrons. The van der Waals surface area contributed by atoms with Gasteiger partial charge in [-0.05, 0) is 61.6 Å². The van der Waals surface area contributed by atoms with Crippen LogP contribution in [0.15, 0.2) is 24.3 Å². The molecule has 2 heterocycles. The molecule has 6 nitrogen and oxygen atoms in total. The van der Waals surface area contributed by atoms with Crippen molar-refractivity contribution >= 4 is 39.1 Å². The monoisotopic (exact) mass is 445 g/mol. The molecule has 3 aromatic rings. The van der Waals surface area contributed by atoms with Gasteiger partial charge in [0.1, 0.15) is 11.1 Å². The molecule has 0 spiro atoms. The molecule has 1 atom stereocenters. The first-order valence-electron chi connectivity index (χ1n) is 11.0. The Morgan fingerprint density at radius 2 is 2.09 bits per heavy atom. The molecule has 0 fully saturated rings. The van der Waals surface area contributed by atoms with Crippen LogP contribution in [-0.2, 0) is 35.2 Å². The lowest BCUT2D eigenvalue weighted by atomic mass is 9.84. The molecule has 1 amide bonds. The van der Waals surface area contributed by atoms with Crippen LogP contribution in [0.1, 0.15) is 57.4 Å². The number of nitrogens with one attached hydrogen (secondary N) is 1. The summed E-state index contributed by atoms with van der Waals surface area (Å²) in [4.78, 5) is 31.6. The predicted octanol–water partition coefficient (Wildman–Crippen LogP) is 4.58. The van der Waals surface area contributed by atoms with Crippen molar-refractivity contribution in [1.29, 1.82) is 5.26 Å². The Kier molecular flexibility index (Phi) is 5.40. The molecule has 0 saturated carbocycles. The number of nitriles is 1. The third-order valence-corrected chi connectivity index (χ3v) is 7.54. The minimum absolute atomic E-state index is 0.396. The zero-order valence-corrected chi connectivity index (χ0v) is 18.7. The minimum atomic E-state index is -0.502. The molecular weight excluding hydrogens is 422 g/mol. The first-order chi connectivity index (χ1) is 15.5. The molecule has 1 N–H and O–H groups in total. The van der Waals surface area contributed by atoms with Crippen LogP contribution in [0.2, 0.25) is 0 Å². The quantitative estimate of drug-likeness (QED) is 0.594. The number of amides is 1. The maximum atomic E-state index is 13.2. The van der Waals surface area contributed by atoms with Crippen LogP contribution < -0.4 is 5.32 Å².